The van der Waals surface area contributed by atoms with Gasteiger partial charge in [-0.2, -0.15) is 13.2 Å². The van der Waals surface area contributed by atoms with E-state index >= 15 is 0 Å². The first kappa shape index (κ1) is 18.4. The lowest BCUT2D eigenvalue weighted by molar-refractivity contribution is -0.141. The van der Waals surface area contributed by atoms with E-state index in [0.717, 1.165) is 31.1 Å². The Balaban J connectivity index is 1.73. The summed E-state index contributed by atoms with van der Waals surface area (Å²) in [7, 11) is 1.59. The molecule has 26 heavy (non-hydrogen) atoms. The number of hydrogen-bond donors (Lipinski definition) is 1. The van der Waals surface area contributed by atoms with Crippen molar-refractivity contribution in [3.63, 3.8) is 0 Å². The van der Waals surface area contributed by atoms with E-state index in [9.17, 15) is 18.0 Å². The number of carboxylic acids is 1. The largest absolute Gasteiger partial charge is 0.478 e. The summed E-state index contributed by atoms with van der Waals surface area (Å²) in [6.07, 6.45) is -1.77. The normalized spacial score (nSPS) is 18.8. The average Bonchev–Trinajstić information content (AvgIpc) is 2.97. The van der Waals surface area contributed by atoms with Crippen molar-refractivity contribution >= 4 is 5.97 Å². The lowest BCUT2D eigenvalue weighted by atomic mass is 9.96. The minimum atomic E-state index is -4.44. The van der Waals surface area contributed by atoms with E-state index in [4.69, 9.17) is 5.11 Å². The summed E-state index contributed by atoms with van der Waals surface area (Å²) in [5.74, 6) is -0.607. The summed E-state index contributed by atoms with van der Waals surface area (Å²) in [6.45, 7) is 1.98. The smallest absolute Gasteiger partial charge is 0.434 e. The Morgan fingerprint density at radius 2 is 2.15 bits per heavy atom. The number of piperidine rings is 1. The first-order chi connectivity index (χ1) is 12.2. The van der Waals surface area contributed by atoms with Crippen LogP contribution in [0, 0.1) is 0 Å². The summed E-state index contributed by atoms with van der Waals surface area (Å²) in [5.41, 5.74) is 0.248. The molecule has 0 aliphatic carbocycles. The van der Waals surface area contributed by atoms with Crippen LogP contribution < -0.4 is 0 Å². The van der Waals surface area contributed by atoms with Gasteiger partial charge < -0.3 is 9.67 Å². The number of imidazole rings is 1. The van der Waals surface area contributed by atoms with Gasteiger partial charge in [0.05, 0.1) is 5.56 Å². The molecule has 3 rings (SSSR count). The van der Waals surface area contributed by atoms with Crippen LogP contribution in [0.15, 0.2) is 30.5 Å². The predicted molar refractivity (Wildman–Crippen MR) is 88.9 cm³/mol. The second kappa shape index (κ2) is 7.11. The number of hydrogen-bond acceptors (Lipinski definition) is 3. The van der Waals surface area contributed by atoms with Crippen molar-refractivity contribution in [2.45, 2.75) is 31.5 Å². The van der Waals surface area contributed by atoms with Crippen molar-refractivity contribution in [2.75, 3.05) is 13.1 Å². The molecule has 1 aliphatic rings. The highest BCUT2D eigenvalue weighted by Gasteiger charge is 2.36. The van der Waals surface area contributed by atoms with Gasteiger partial charge in [-0.25, -0.2) is 9.78 Å². The predicted octanol–water partition coefficient (Wildman–Crippen LogP) is 3.52. The lowest BCUT2D eigenvalue weighted by Crippen LogP contribution is -2.34. The summed E-state index contributed by atoms with van der Waals surface area (Å²) >= 11 is 0. The Morgan fingerprint density at radius 1 is 1.38 bits per heavy atom. The number of carboxylic acid groups (broad SMARTS) is 1. The average molecular weight is 367 g/mol. The minimum absolute atomic E-state index is 0.0764. The Bertz CT molecular complexity index is 801. The molecule has 0 bridgehead atoms. The number of benzene rings is 1. The van der Waals surface area contributed by atoms with E-state index in [1.54, 1.807) is 19.2 Å². The molecule has 1 unspecified atom stereocenters. The molecule has 1 aromatic heterocycles. The zero-order valence-electron chi connectivity index (χ0n) is 14.3. The molecule has 2 aromatic rings. The van der Waals surface area contributed by atoms with E-state index in [1.165, 1.54) is 10.6 Å². The molecule has 1 fully saturated rings. The number of carbonyl (C=O) groups is 1. The number of likely N-dealkylation sites (tertiary alicyclic amines) is 1. The van der Waals surface area contributed by atoms with Crippen LogP contribution in [0.4, 0.5) is 13.2 Å². The molecule has 1 N–H and O–H groups in total. The van der Waals surface area contributed by atoms with Crippen LogP contribution in [-0.2, 0) is 19.8 Å². The highest BCUT2D eigenvalue weighted by molar-refractivity contribution is 5.87. The van der Waals surface area contributed by atoms with Crippen LogP contribution in [0.2, 0.25) is 0 Å². The van der Waals surface area contributed by atoms with Crippen molar-refractivity contribution in [3.05, 3.63) is 53.1 Å². The maximum atomic E-state index is 12.9. The highest BCUT2D eigenvalue weighted by Crippen LogP contribution is 2.32. The van der Waals surface area contributed by atoms with Crippen molar-refractivity contribution in [3.8, 4) is 0 Å². The Hall–Kier alpha value is -2.35. The Morgan fingerprint density at radius 3 is 2.81 bits per heavy atom. The van der Waals surface area contributed by atoms with Gasteiger partial charge in [0.2, 0.25) is 0 Å². The molecule has 0 spiro atoms. The SMILES string of the molecule is Cn1cc(C(F)(F)F)nc1C1CCCN(Cc2cccc(C(=O)O)c2)C1. The number of aromatic nitrogens is 2. The molecule has 0 saturated carbocycles. The maximum absolute atomic E-state index is 12.9. The molecular formula is C18H20F3N3O2. The second-order valence-electron chi connectivity index (χ2n) is 6.67. The first-order valence-electron chi connectivity index (χ1n) is 8.39. The zero-order valence-corrected chi connectivity index (χ0v) is 14.3. The van der Waals surface area contributed by atoms with Gasteiger partial charge >= 0.3 is 12.1 Å². The van der Waals surface area contributed by atoms with Gasteiger partial charge in [-0.05, 0) is 37.1 Å². The summed E-state index contributed by atoms with van der Waals surface area (Å²) in [5, 5.41) is 9.09. The van der Waals surface area contributed by atoms with E-state index in [-0.39, 0.29) is 11.5 Å². The van der Waals surface area contributed by atoms with Gasteiger partial charge in [0.15, 0.2) is 5.69 Å². The quantitative estimate of drug-likeness (QED) is 0.898. The zero-order chi connectivity index (χ0) is 18.9. The van der Waals surface area contributed by atoms with Crippen molar-refractivity contribution in [1.82, 2.24) is 14.5 Å². The summed E-state index contributed by atoms with van der Waals surface area (Å²) in [4.78, 5) is 17.0. The minimum Gasteiger partial charge on any atom is -0.478 e. The standard InChI is InChI=1S/C18H20F3N3O2/c1-23-11-15(18(19,20)21)22-16(23)14-6-3-7-24(10-14)9-12-4-2-5-13(8-12)17(25)26/h2,4-5,8,11,14H,3,6-7,9-10H2,1H3,(H,25,26). The third kappa shape index (κ3) is 4.07. The number of alkyl halides is 3. The molecule has 1 atom stereocenters. The van der Waals surface area contributed by atoms with E-state index in [2.05, 4.69) is 9.88 Å². The van der Waals surface area contributed by atoms with Crippen LogP contribution in [0.1, 0.15) is 46.2 Å². The number of aromatic carboxylic acids is 1. The summed E-state index contributed by atoms with van der Waals surface area (Å²) in [6, 6.07) is 6.74. The fourth-order valence-corrected chi connectivity index (χ4v) is 3.47. The molecule has 0 amide bonds. The van der Waals surface area contributed by atoms with Crippen molar-refractivity contribution < 1.29 is 23.1 Å². The van der Waals surface area contributed by atoms with Gasteiger partial charge in [-0.15, -0.1) is 0 Å². The molecule has 140 valence electrons. The van der Waals surface area contributed by atoms with Crippen LogP contribution in [-0.4, -0.2) is 38.6 Å². The number of aryl methyl sites for hydroxylation is 1. The number of halogens is 3. The van der Waals surface area contributed by atoms with Crippen LogP contribution in [0.25, 0.3) is 0 Å². The Kier molecular flexibility index (Phi) is 5.04. The first-order valence-corrected chi connectivity index (χ1v) is 8.39. The van der Waals surface area contributed by atoms with Crippen molar-refractivity contribution in [2.24, 2.45) is 7.05 Å². The fraction of sp³-hybridized carbons (Fsp3) is 0.444. The second-order valence-corrected chi connectivity index (χ2v) is 6.67. The van der Waals surface area contributed by atoms with Gasteiger partial charge in [0.1, 0.15) is 5.82 Å². The Labute approximate surface area is 149 Å². The van der Waals surface area contributed by atoms with Crippen LogP contribution >= 0.6 is 0 Å². The lowest BCUT2D eigenvalue weighted by Gasteiger charge is -2.32. The van der Waals surface area contributed by atoms with E-state index in [0.29, 0.717) is 18.9 Å². The molecule has 1 aromatic carbocycles. The number of nitrogens with zero attached hydrogens (tertiary/aromatic N) is 3. The number of rotatable bonds is 4. The molecule has 5 nitrogen and oxygen atoms in total. The van der Waals surface area contributed by atoms with Crippen molar-refractivity contribution in [1.29, 1.82) is 0 Å². The molecule has 1 aliphatic heterocycles. The summed E-state index contributed by atoms with van der Waals surface area (Å²) < 4.78 is 40.1. The highest BCUT2D eigenvalue weighted by atomic mass is 19.4. The van der Waals surface area contributed by atoms with E-state index < -0.39 is 17.8 Å². The molecule has 2 heterocycles. The van der Waals surface area contributed by atoms with Gasteiger partial charge in [0, 0.05) is 32.3 Å². The monoisotopic (exact) mass is 367 g/mol. The topological polar surface area (TPSA) is 58.4 Å². The molecule has 0 radical (unpaired) electrons. The van der Waals surface area contributed by atoms with Gasteiger partial charge in [-0.1, -0.05) is 12.1 Å². The van der Waals surface area contributed by atoms with Gasteiger partial charge in [-0.3, -0.25) is 4.90 Å². The third-order valence-corrected chi connectivity index (χ3v) is 4.65. The van der Waals surface area contributed by atoms with E-state index in [1.807, 2.05) is 6.07 Å². The molecular weight excluding hydrogens is 347 g/mol. The van der Waals surface area contributed by atoms with Crippen LogP contribution in [0.3, 0.4) is 0 Å². The molecule has 8 heteroatoms. The van der Waals surface area contributed by atoms with Gasteiger partial charge in [0.25, 0.3) is 0 Å². The maximum Gasteiger partial charge on any atom is 0.434 e. The third-order valence-electron chi connectivity index (χ3n) is 4.65. The molecule has 1 saturated heterocycles. The fourth-order valence-electron chi connectivity index (χ4n) is 3.47. The van der Waals surface area contributed by atoms with Crippen LogP contribution in [0.5, 0.6) is 0 Å².